The minimum absolute atomic E-state index is 0.144. The lowest BCUT2D eigenvalue weighted by Crippen LogP contribution is -2.66. The van der Waals surface area contributed by atoms with Gasteiger partial charge in [0, 0.05) is 20.8 Å². The second-order valence-electron chi connectivity index (χ2n) is 7.54. The minimum Gasteiger partial charge on any atom is -0.457 e. The van der Waals surface area contributed by atoms with Crippen LogP contribution in [0.5, 0.6) is 0 Å². The van der Waals surface area contributed by atoms with Gasteiger partial charge in [-0.1, -0.05) is 24.3 Å². The average molecular weight is 488 g/mol. The van der Waals surface area contributed by atoms with Gasteiger partial charge in [0.2, 0.25) is 0 Å². The first-order chi connectivity index (χ1) is 15.5. The molecule has 1 heterocycles. The largest absolute Gasteiger partial charge is 0.475 e. The molecule has 1 fully saturated rings. The molecule has 0 bridgehead atoms. The second kappa shape index (κ2) is 10.3. The van der Waals surface area contributed by atoms with Crippen LogP contribution in [0.15, 0.2) is 24.3 Å². The number of rotatable bonds is 5. The first-order valence-corrected chi connectivity index (χ1v) is 11.5. The van der Waals surface area contributed by atoms with E-state index in [1.54, 1.807) is 24.3 Å². The summed E-state index contributed by atoms with van der Waals surface area (Å²) in [6.07, 6.45) is -10.3. The maximum Gasteiger partial charge on any atom is 0.475 e. The lowest BCUT2D eigenvalue weighted by atomic mass is 9.84. The lowest BCUT2D eigenvalue weighted by molar-refractivity contribution is -0.243. The van der Waals surface area contributed by atoms with Gasteiger partial charge in [-0.05, 0) is 11.1 Å². The van der Waals surface area contributed by atoms with Crippen LogP contribution in [0.4, 0.5) is 0 Å². The summed E-state index contributed by atoms with van der Waals surface area (Å²) in [6, 6.07) is 7.01. The molecule has 1 aromatic carbocycles. The summed E-state index contributed by atoms with van der Waals surface area (Å²) < 4.78 is 45.1. The molecule has 1 aromatic rings. The number of benzene rings is 1. The van der Waals surface area contributed by atoms with Crippen molar-refractivity contribution in [1.82, 2.24) is 0 Å². The number of carbonyl (C=O) groups excluding carboxylic acids is 3. The van der Waals surface area contributed by atoms with E-state index in [1.807, 2.05) is 0 Å². The monoisotopic (exact) mass is 488 g/mol. The van der Waals surface area contributed by atoms with Crippen LogP contribution in [-0.2, 0) is 59.9 Å². The van der Waals surface area contributed by atoms with Crippen LogP contribution >= 0.6 is 7.82 Å². The molecule has 1 saturated carbocycles. The maximum atomic E-state index is 13.4. The second-order valence-corrected chi connectivity index (χ2v) is 9.16. The normalized spacial score (nSPS) is 30.9. The van der Waals surface area contributed by atoms with Gasteiger partial charge in [-0.3, -0.25) is 28.0 Å². The first-order valence-electron chi connectivity index (χ1n) is 10.0. The van der Waals surface area contributed by atoms with E-state index >= 15 is 0 Å². The Morgan fingerprint density at radius 3 is 1.61 bits per heavy atom. The smallest absolute Gasteiger partial charge is 0.457 e. The quantitative estimate of drug-likeness (QED) is 0.340. The van der Waals surface area contributed by atoms with Gasteiger partial charge in [0.25, 0.3) is 0 Å². The Kier molecular flexibility index (Phi) is 7.88. The molecule has 2 aliphatic rings. The number of aliphatic hydroxyl groups excluding tert-OH is 2. The molecule has 182 valence electrons. The first kappa shape index (κ1) is 25.3. The van der Waals surface area contributed by atoms with Crippen molar-refractivity contribution in [2.24, 2.45) is 0 Å². The van der Waals surface area contributed by atoms with Gasteiger partial charge >= 0.3 is 25.7 Å². The molecule has 0 saturated heterocycles. The van der Waals surface area contributed by atoms with E-state index in [0.29, 0.717) is 11.1 Å². The summed E-state index contributed by atoms with van der Waals surface area (Å²) in [5.41, 5.74) is 1.40. The van der Waals surface area contributed by atoms with E-state index in [-0.39, 0.29) is 13.2 Å². The molecule has 1 aliphatic carbocycles. The zero-order chi connectivity index (χ0) is 24.3. The fraction of sp³-hybridized carbons (Fsp3) is 0.550. The number of phosphoric ester groups is 1. The fourth-order valence-corrected chi connectivity index (χ4v) is 4.97. The van der Waals surface area contributed by atoms with Crippen molar-refractivity contribution >= 4 is 25.7 Å². The Balaban J connectivity index is 1.96. The summed E-state index contributed by atoms with van der Waals surface area (Å²) in [6.45, 7) is 2.82. The predicted molar refractivity (Wildman–Crippen MR) is 107 cm³/mol. The molecule has 3 rings (SSSR count). The molecule has 6 atom stereocenters. The molecule has 12 nitrogen and oxygen atoms in total. The van der Waals surface area contributed by atoms with Gasteiger partial charge in [0.1, 0.15) is 18.3 Å². The highest BCUT2D eigenvalue weighted by atomic mass is 31.2. The number of hydrogen-bond donors (Lipinski definition) is 2. The van der Waals surface area contributed by atoms with Crippen molar-refractivity contribution in [2.45, 2.75) is 70.6 Å². The number of hydrogen-bond acceptors (Lipinski definition) is 12. The number of carbonyl (C=O) groups is 3. The van der Waals surface area contributed by atoms with Crippen LogP contribution in [0.25, 0.3) is 0 Å². The molecular weight excluding hydrogens is 463 g/mol. The zero-order valence-electron chi connectivity index (χ0n) is 18.1. The fourth-order valence-electron chi connectivity index (χ4n) is 3.64. The molecular formula is C20H25O12P. The maximum absolute atomic E-state index is 13.4. The van der Waals surface area contributed by atoms with Gasteiger partial charge in [-0.2, -0.15) is 0 Å². The van der Waals surface area contributed by atoms with Crippen LogP contribution in [0.2, 0.25) is 0 Å². The van der Waals surface area contributed by atoms with Crippen molar-refractivity contribution in [3.8, 4) is 0 Å². The summed E-state index contributed by atoms with van der Waals surface area (Å²) >= 11 is 0. The molecule has 2 N–H and O–H groups in total. The van der Waals surface area contributed by atoms with Crippen molar-refractivity contribution in [3.05, 3.63) is 35.4 Å². The van der Waals surface area contributed by atoms with Gasteiger partial charge in [0.05, 0.1) is 13.2 Å². The zero-order valence-corrected chi connectivity index (χ0v) is 19.0. The highest BCUT2D eigenvalue weighted by molar-refractivity contribution is 7.48. The Morgan fingerprint density at radius 2 is 1.18 bits per heavy atom. The van der Waals surface area contributed by atoms with Gasteiger partial charge in [-0.25, -0.2) is 4.57 Å². The van der Waals surface area contributed by atoms with E-state index in [0.717, 1.165) is 20.8 Å². The van der Waals surface area contributed by atoms with Crippen molar-refractivity contribution in [2.75, 3.05) is 0 Å². The van der Waals surface area contributed by atoms with Crippen LogP contribution in [0.3, 0.4) is 0 Å². The molecule has 33 heavy (non-hydrogen) atoms. The van der Waals surface area contributed by atoms with Crippen molar-refractivity contribution in [1.29, 1.82) is 0 Å². The van der Waals surface area contributed by atoms with Crippen LogP contribution < -0.4 is 0 Å². The van der Waals surface area contributed by atoms with Crippen molar-refractivity contribution < 1.29 is 56.9 Å². The van der Waals surface area contributed by atoms with E-state index in [1.165, 1.54) is 0 Å². The lowest BCUT2D eigenvalue weighted by Gasteiger charge is -2.45. The number of phosphoric acid groups is 1. The Hall–Kier alpha value is -2.34. The minimum atomic E-state index is -4.39. The van der Waals surface area contributed by atoms with E-state index in [2.05, 4.69) is 0 Å². The molecule has 0 radical (unpaired) electrons. The van der Waals surface area contributed by atoms with E-state index < -0.39 is 62.4 Å². The Bertz CT molecular complexity index is 918. The highest BCUT2D eigenvalue weighted by Crippen LogP contribution is 2.55. The Morgan fingerprint density at radius 1 is 0.788 bits per heavy atom. The molecule has 0 unspecified atom stereocenters. The van der Waals surface area contributed by atoms with Gasteiger partial charge in [-0.15, -0.1) is 0 Å². The number of ether oxygens (including phenoxy) is 3. The van der Waals surface area contributed by atoms with Crippen LogP contribution in [0.1, 0.15) is 31.9 Å². The topological polar surface area (TPSA) is 164 Å². The third-order valence-corrected chi connectivity index (χ3v) is 6.42. The SMILES string of the molecule is CC(=O)O[C@H]1[C@@H](OP2(=O)OCc3ccccc3CO2)[C@H](OC(C)=O)[C@@H](O)[C@@H](O)[C@H]1OC(C)=O. The van der Waals surface area contributed by atoms with Crippen molar-refractivity contribution in [3.63, 3.8) is 0 Å². The summed E-state index contributed by atoms with van der Waals surface area (Å²) in [7, 11) is -4.39. The average Bonchev–Trinajstić information content (AvgIpc) is 2.90. The summed E-state index contributed by atoms with van der Waals surface area (Å²) in [4.78, 5) is 35.1. The third-order valence-electron chi connectivity index (χ3n) is 5.03. The van der Waals surface area contributed by atoms with Crippen LogP contribution in [0, 0.1) is 0 Å². The third kappa shape index (κ3) is 5.97. The highest BCUT2D eigenvalue weighted by Gasteiger charge is 2.58. The number of esters is 3. The van der Waals surface area contributed by atoms with E-state index in [4.69, 9.17) is 27.8 Å². The summed E-state index contributed by atoms with van der Waals surface area (Å²) in [5.74, 6) is -2.61. The molecule has 1 aliphatic heterocycles. The number of aliphatic hydroxyl groups is 2. The van der Waals surface area contributed by atoms with Crippen LogP contribution in [-0.4, -0.2) is 64.7 Å². The van der Waals surface area contributed by atoms with Gasteiger partial charge < -0.3 is 24.4 Å². The molecule has 0 amide bonds. The summed E-state index contributed by atoms with van der Waals surface area (Å²) in [5, 5.41) is 21.1. The van der Waals surface area contributed by atoms with E-state index in [9.17, 15) is 29.2 Å². The predicted octanol–water partition coefficient (Wildman–Crippen LogP) is 0.757. The Labute approximate surface area is 189 Å². The number of fused-ring (bicyclic) bond motifs is 1. The van der Waals surface area contributed by atoms with Gasteiger partial charge in [0.15, 0.2) is 18.3 Å². The molecule has 0 spiro atoms. The standard InChI is InChI=1S/C20H25O12P/c1-10(21)29-17-15(24)16(25)18(30-11(2)22)20(19(17)31-12(3)23)32-33(26)27-8-13-6-4-5-7-14(13)9-28-33/h4-7,15-20,24-25H,8-9H2,1-3H3/t15-,16+,17-,18-,19-,20+/m1/s1. The molecule has 13 heteroatoms. The molecule has 0 aromatic heterocycles.